The maximum Gasteiger partial charge on any atom is 0.200 e. The highest BCUT2D eigenvalue weighted by atomic mass is 19.2. The van der Waals surface area contributed by atoms with Gasteiger partial charge in [0.1, 0.15) is 6.67 Å². The third kappa shape index (κ3) is 6.29. The van der Waals surface area contributed by atoms with Crippen molar-refractivity contribution in [2.45, 2.75) is 58.8 Å². The lowest BCUT2D eigenvalue weighted by Crippen LogP contribution is -2.31. The fraction of sp³-hybridized carbons (Fsp3) is 0.615. The summed E-state index contributed by atoms with van der Waals surface area (Å²) in [5.41, 5.74) is 0.104. The average Bonchev–Trinajstić information content (AvgIpc) is 2.80. The molecule has 1 aromatic carbocycles. The van der Waals surface area contributed by atoms with Gasteiger partial charge in [0.25, 0.3) is 0 Å². The molecule has 0 saturated heterocycles. The first-order valence-corrected chi connectivity index (χ1v) is 11.8. The lowest BCUT2D eigenvalue weighted by atomic mass is 9.65. The normalized spacial score (nSPS) is 26.6. The van der Waals surface area contributed by atoms with E-state index in [2.05, 4.69) is 6.92 Å². The van der Waals surface area contributed by atoms with E-state index in [0.29, 0.717) is 18.4 Å². The van der Waals surface area contributed by atoms with Gasteiger partial charge in [0.2, 0.25) is 5.82 Å². The van der Waals surface area contributed by atoms with Crippen molar-refractivity contribution in [1.29, 1.82) is 0 Å². The van der Waals surface area contributed by atoms with Gasteiger partial charge in [-0.25, -0.2) is 13.2 Å². The third-order valence-electron chi connectivity index (χ3n) is 6.88. The summed E-state index contributed by atoms with van der Waals surface area (Å²) in [6.45, 7) is 3.31. The van der Waals surface area contributed by atoms with Crippen molar-refractivity contribution >= 4 is 0 Å². The highest BCUT2D eigenvalue weighted by Gasteiger charge is 2.34. The minimum atomic E-state index is -1.26. The Morgan fingerprint density at radius 1 is 1.06 bits per heavy atom. The van der Waals surface area contributed by atoms with Gasteiger partial charge in [-0.15, -0.1) is 0 Å². The average molecular weight is 455 g/mol. The molecule has 2 aliphatic rings. The molecule has 0 amide bonds. The van der Waals surface area contributed by atoms with E-state index >= 15 is 0 Å². The molecular weight excluding hydrogens is 420 g/mol. The summed E-state index contributed by atoms with van der Waals surface area (Å²) < 4.78 is 66.0. The zero-order chi connectivity index (χ0) is 23.1. The minimum absolute atomic E-state index is 0.0208. The first-order valence-electron chi connectivity index (χ1n) is 11.8. The molecule has 32 heavy (non-hydrogen) atoms. The maximum absolute atomic E-state index is 14.2. The predicted molar refractivity (Wildman–Crippen MR) is 118 cm³/mol. The molecule has 0 heterocycles. The number of halogens is 4. The second-order valence-electron chi connectivity index (χ2n) is 9.22. The lowest BCUT2D eigenvalue weighted by Gasteiger charge is -2.41. The van der Waals surface area contributed by atoms with E-state index in [4.69, 9.17) is 9.47 Å². The number of benzene rings is 1. The number of hydrogen-bond donors (Lipinski definition) is 0. The van der Waals surface area contributed by atoms with Crippen molar-refractivity contribution in [3.05, 3.63) is 53.1 Å². The van der Waals surface area contributed by atoms with Crippen LogP contribution in [0.3, 0.4) is 0 Å². The standard InChI is InChI=1S/C26H34F4O2/c1-3-31-24-12-11-19(25(29)26(24)30)5-4-6-23(22(28)15-27)32-16-18-8-10-20-13-17(2)7-9-21(20)14-18/h4,6,11-12,17-18,20-21H,3,5,7-10,13-16H2,1-2H3/b6-4-,23-22-. The van der Waals surface area contributed by atoms with Gasteiger partial charge in [-0.1, -0.05) is 25.5 Å². The van der Waals surface area contributed by atoms with Crippen LogP contribution >= 0.6 is 0 Å². The Bertz CT molecular complexity index is 820. The topological polar surface area (TPSA) is 18.5 Å². The van der Waals surface area contributed by atoms with Crippen molar-refractivity contribution in [2.75, 3.05) is 19.9 Å². The van der Waals surface area contributed by atoms with Gasteiger partial charge >= 0.3 is 0 Å². The molecule has 0 radical (unpaired) electrons. The van der Waals surface area contributed by atoms with Crippen molar-refractivity contribution in [1.82, 2.24) is 0 Å². The smallest absolute Gasteiger partial charge is 0.200 e. The van der Waals surface area contributed by atoms with Crippen LogP contribution < -0.4 is 4.74 Å². The quantitative estimate of drug-likeness (QED) is 0.219. The van der Waals surface area contributed by atoms with Crippen LogP contribution in [0.1, 0.15) is 57.9 Å². The molecule has 0 aliphatic heterocycles. The first-order chi connectivity index (χ1) is 15.4. The van der Waals surface area contributed by atoms with E-state index in [9.17, 15) is 17.6 Å². The zero-order valence-corrected chi connectivity index (χ0v) is 19.0. The lowest BCUT2D eigenvalue weighted by molar-refractivity contribution is 0.0638. The van der Waals surface area contributed by atoms with Crippen LogP contribution in [0.25, 0.3) is 0 Å². The maximum atomic E-state index is 14.2. The number of rotatable bonds is 9. The Labute approximate surface area is 188 Å². The summed E-state index contributed by atoms with van der Waals surface area (Å²) >= 11 is 0. The van der Waals surface area contributed by atoms with E-state index in [1.807, 2.05) is 0 Å². The summed E-state index contributed by atoms with van der Waals surface area (Å²) in [5.74, 6) is -0.721. The van der Waals surface area contributed by atoms with Gasteiger partial charge in [-0.05, 0) is 86.8 Å². The van der Waals surface area contributed by atoms with Gasteiger partial charge < -0.3 is 9.47 Å². The van der Waals surface area contributed by atoms with Crippen molar-refractivity contribution in [2.24, 2.45) is 23.7 Å². The molecule has 4 atom stereocenters. The second kappa shape index (κ2) is 11.8. The second-order valence-corrected chi connectivity index (χ2v) is 9.22. The van der Waals surface area contributed by atoms with Crippen LogP contribution in [0.2, 0.25) is 0 Å². The van der Waals surface area contributed by atoms with E-state index in [1.54, 1.807) is 6.92 Å². The molecule has 1 aromatic rings. The molecule has 0 spiro atoms. The Kier molecular flexibility index (Phi) is 9.06. The largest absolute Gasteiger partial charge is 0.491 e. The fourth-order valence-electron chi connectivity index (χ4n) is 5.15. The fourth-order valence-corrected chi connectivity index (χ4v) is 5.15. The monoisotopic (exact) mass is 454 g/mol. The molecule has 2 saturated carbocycles. The van der Waals surface area contributed by atoms with Crippen molar-refractivity contribution in [3.63, 3.8) is 0 Å². The van der Waals surface area contributed by atoms with Crippen LogP contribution in [0.5, 0.6) is 5.75 Å². The molecule has 4 unspecified atom stereocenters. The highest BCUT2D eigenvalue weighted by molar-refractivity contribution is 5.32. The zero-order valence-electron chi connectivity index (χ0n) is 19.0. The number of allylic oxidation sites excluding steroid dienone is 3. The molecule has 0 N–H and O–H groups in total. The van der Waals surface area contributed by atoms with Crippen molar-refractivity contribution in [3.8, 4) is 5.75 Å². The molecular formula is C26H34F4O2. The molecule has 178 valence electrons. The molecule has 2 aliphatic carbocycles. The molecule has 0 bridgehead atoms. The van der Waals surface area contributed by atoms with Crippen LogP contribution in [0, 0.1) is 35.3 Å². The predicted octanol–water partition coefficient (Wildman–Crippen LogP) is 7.48. The van der Waals surface area contributed by atoms with E-state index in [-0.39, 0.29) is 30.1 Å². The number of ether oxygens (including phenoxy) is 2. The Morgan fingerprint density at radius 2 is 1.81 bits per heavy atom. The van der Waals surface area contributed by atoms with Crippen LogP contribution in [-0.2, 0) is 11.2 Å². The molecule has 6 heteroatoms. The van der Waals surface area contributed by atoms with Crippen molar-refractivity contribution < 1.29 is 27.0 Å². The van der Waals surface area contributed by atoms with Gasteiger partial charge in [0.15, 0.2) is 23.2 Å². The first kappa shape index (κ1) is 24.7. The van der Waals surface area contributed by atoms with E-state index < -0.39 is 24.1 Å². The summed E-state index contributed by atoms with van der Waals surface area (Å²) in [6.07, 6.45) is 9.89. The van der Waals surface area contributed by atoms with Gasteiger partial charge in [0, 0.05) is 0 Å². The van der Waals surface area contributed by atoms with Gasteiger partial charge in [-0.3, -0.25) is 0 Å². The Hall–Kier alpha value is -1.98. The van der Waals surface area contributed by atoms with E-state index in [0.717, 1.165) is 24.7 Å². The van der Waals surface area contributed by atoms with E-state index in [1.165, 1.54) is 50.0 Å². The van der Waals surface area contributed by atoms with Crippen LogP contribution in [0.4, 0.5) is 17.6 Å². The molecule has 2 fully saturated rings. The van der Waals surface area contributed by atoms with Crippen LogP contribution in [-0.4, -0.2) is 19.9 Å². The summed E-state index contributed by atoms with van der Waals surface area (Å²) in [4.78, 5) is 0. The number of alkyl halides is 1. The summed E-state index contributed by atoms with van der Waals surface area (Å²) in [5, 5.41) is 0. The minimum Gasteiger partial charge on any atom is -0.491 e. The summed E-state index contributed by atoms with van der Waals surface area (Å²) in [6, 6.07) is 2.79. The molecule has 0 aromatic heterocycles. The van der Waals surface area contributed by atoms with Gasteiger partial charge in [-0.2, -0.15) is 4.39 Å². The summed E-state index contributed by atoms with van der Waals surface area (Å²) in [7, 11) is 0. The SMILES string of the molecule is CCOc1ccc(C/C=C\C(OCC2CCC3CC(C)CCC3C2)=C(\F)CF)c(F)c1F. The molecule has 3 rings (SSSR count). The number of fused-ring (bicyclic) bond motifs is 1. The highest BCUT2D eigenvalue weighted by Crippen LogP contribution is 2.44. The Balaban J connectivity index is 1.57. The van der Waals surface area contributed by atoms with Gasteiger partial charge in [0.05, 0.1) is 13.2 Å². The molecule has 2 nitrogen and oxygen atoms in total. The third-order valence-corrected chi connectivity index (χ3v) is 6.88. The van der Waals surface area contributed by atoms with Crippen LogP contribution in [0.15, 0.2) is 35.9 Å². The Morgan fingerprint density at radius 3 is 2.56 bits per heavy atom. The number of hydrogen-bond acceptors (Lipinski definition) is 2.